The number of hydroxylamine groups is 2. The van der Waals surface area contributed by atoms with Crippen LogP contribution in [0.3, 0.4) is 0 Å². The summed E-state index contributed by atoms with van der Waals surface area (Å²) in [5.41, 5.74) is 0.865. The summed E-state index contributed by atoms with van der Waals surface area (Å²) in [6.45, 7) is 0.746. The van der Waals surface area contributed by atoms with Gasteiger partial charge in [0.1, 0.15) is 21.5 Å². The summed E-state index contributed by atoms with van der Waals surface area (Å²) < 4.78 is 28.7. The Morgan fingerprint density at radius 3 is 2.79 bits per heavy atom. The van der Waals surface area contributed by atoms with E-state index in [1.807, 2.05) is 30.3 Å². The highest BCUT2D eigenvalue weighted by Gasteiger charge is 2.49. The Hall–Kier alpha value is -2.75. The molecule has 2 unspecified atom stereocenters. The van der Waals surface area contributed by atoms with Crippen LogP contribution < -0.4 is 5.32 Å². The van der Waals surface area contributed by atoms with Crippen LogP contribution in [0.2, 0.25) is 0 Å². The fraction of sp³-hybridized carbons (Fsp3) is 0.360. The highest BCUT2D eigenvalue weighted by atomic mass is 32.2. The van der Waals surface area contributed by atoms with Crippen molar-refractivity contribution in [3.05, 3.63) is 83.4 Å². The largest absolute Gasteiger partial charge is 0.365 e. The third-order valence-corrected chi connectivity index (χ3v) is 7.46. The van der Waals surface area contributed by atoms with E-state index in [4.69, 9.17) is 4.84 Å². The molecule has 1 aliphatic heterocycles. The van der Waals surface area contributed by atoms with Crippen molar-refractivity contribution in [1.29, 1.82) is 0 Å². The number of amides is 2. The van der Waals surface area contributed by atoms with Crippen molar-refractivity contribution in [2.45, 2.75) is 36.6 Å². The molecule has 6 nitrogen and oxygen atoms in total. The second-order valence-corrected chi connectivity index (χ2v) is 9.49. The van der Waals surface area contributed by atoms with Gasteiger partial charge in [0.25, 0.3) is 0 Å². The number of hydrogen-bond acceptors (Lipinski definition) is 5. The summed E-state index contributed by atoms with van der Waals surface area (Å²) in [4.78, 5) is 17.5. The monoisotopic (exact) mass is 486 g/mol. The molecule has 0 bridgehead atoms. The van der Waals surface area contributed by atoms with Crippen molar-refractivity contribution in [3.8, 4) is 0 Å². The summed E-state index contributed by atoms with van der Waals surface area (Å²) in [7, 11) is 2.88. The summed E-state index contributed by atoms with van der Waals surface area (Å²) in [6, 6.07) is 12.6. The van der Waals surface area contributed by atoms with Crippen LogP contribution in [0.1, 0.15) is 36.8 Å². The molecule has 2 aliphatic rings. The van der Waals surface area contributed by atoms with Crippen molar-refractivity contribution >= 4 is 22.8 Å². The highest BCUT2D eigenvalue weighted by Crippen LogP contribution is 2.51. The van der Waals surface area contributed by atoms with Crippen molar-refractivity contribution in [3.63, 3.8) is 0 Å². The molecule has 0 saturated heterocycles. The van der Waals surface area contributed by atoms with E-state index in [-0.39, 0.29) is 10.6 Å². The molecular formula is C25H28F2N4O2S. The minimum Gasteiger partial charge on any atom is -0.311 e. The third kappa shape index (κ3) is 5.01. The summed E-state index contributed by atoms with van der Waals surface area (Å²) in [5, 5.41) is 10.7. The van der Waals surface area contributed by atoms with E-state index in [0.29, 0.717) is 12.5 Å². The van der Waals surface area contributed by atoms with E-state index < -0.39 is 22.5 Å². The molecule has 1 heterocycles. The van der Waals surface area contributed by atoms with Gasteiger partial charge in [-0.2, -0.15) is 10.1 Å². The highest BCUT2D eigenvalue weighted by molar-refractivity contribution is 8.15. The molecule has 2 aromatic carbocycles. The van der Waals surface area contributed by atoms with Gasteiger partial charge in [0, 0.05) is 18.7 Å². The lowest BCUT2D eigenvalue weighted by atomic mass is 10.00. The molecule has 1 N–H and O–H groups in total. The topological polar surface area (TPSA) is 57.2 Å². The number of nitrogens with zero attached hydrogens (tertiary/aromatic N) is 3. The quantitative estimate of drug-likeness (QED) is 0.315. The van der Waals surface area contributed by atoms with E-state index in [0.717, 1.165) is 54.6 Å². The molecule has 34 heavy (non-hydrogen) atoms. The third-order valence-electron chi connectivity index (χ3n) is 6.02. The van der Waals surface area contributed by atoms with Gasteiger partial charge in [-0.25, -0.2) is 18.6 Å². The fourth-order valence-corrected chi connectivity index (χ4v) is 5.59. The zero-order valence-electron chi connectivity index (χ0n) is 19.2. The SMILES string of the molecule is CON(C)C(=O)N1N=C(c2cc(F)ccc2F)SC1(CCCNC1C=CCC1)c1ccccc1. The maximum absolute atomic E-state index is 14.7. The molecule has 2 atom stereocenters. The van der Waals surface area contributed by atoms with E-state index in [2.05, 4.69) is 22.6 Å². The first-order valence-electron chi connectivity index (χ1n) is 11.3. The first-order chi connectivity index (χ1) is 16.4. The molecular weight excluding hydrogens is 458 g/mol. The number of halogens is 2. The molecule has 2 amide bonds. The molecule has 0 saturated carbocycles. The number of benzene rings is 2. The summed E-state index contributed by atoms with van der Waals surface area (Å²) >= 11 is 1.26. The average molecular weight is 487 g/mol. The number of carbonyl (C=O) groups excluding carboxylic acids is 1. The fourth-order valence-electron chi connectivity index (χ4n) is 4.17. The molecule has 0 aromatic heterocycles. The first-order valence-corrected chi connectivity index (χ1v) is 12.1. The Bertz CT molecular complexity index is 1080. The van der Waals surface area contributed by atoms with Gasteiger partial charge < -0.3 is 5.32 Å². The van der Waals surface area contributed by atoms with Crippen molar-refractivity contribution in [1.82, 2.24) is 15.4 Å². The average Bonchev–Trinajstić information content (AvgIpc) is 3.52. The van der Waals surface area contributed by atoms with Crippen LogP contribution in [-0.4, -0.2) is 47.9 Å². The van der Waals surface area contributed by atoms with Crippen LogP contribution in [0, 0.1) is 11.6 Å². The van der Waals surface area contributed by atoms with Gasteiger partial charge in [-0.15, -0.1) is 0 Å². The van der Waals surface area contributed by atoms with Crippen LogP contribution >= 0.6 is 11.8 Å². The molecule has 4 rings (SSSR count). The summed E-state index contributed by atoms with van der Waals surface area (Å²) in [6.07, 6.45) is 7.77. The summed E-state index contributed by atoms with van der Waals surface area (Å²) in [5.74, 6) is -1.17. The maximum Gasteiger partial charge on any atom is 0.365 e. The number of urea groups is 1. The Kier molecular flexibility index (Phi) is 7.65. The lowest BCUT2D eigenvalue weighted by Gasteiger charge is -2.37. The maximum atomic E-state index is 14.7. The Labute approximate surface area is 202 Å². The number of nitrogens with one attached hydrogen (secondary N) is 1. The number of allylic oxidation sites excluding steroid dienone is 1. The van der Waals surface area contributed by atoms with Crippen LogP contribution in [0.5, 0.6) is 0 Å². The van der Waals surface area contributed by atoms with Gasteiger partial charge in [-0.05, 0) is 56.0 Å². The minimum atomic E-state index is -0.952. The van der Waals surface area contributed by atoms with Crippen LogP contribution in [0.25, 0.3) is 0 Å². The van der Waals surface area contributed by atoms with Gasteiger partial charge in [0.2, 0.25) is 0 Å². The van der Waals surface area contributed by atoms with Gasteiger partial charge in [0.05, 0.1) is 7.11 Å². The zero-order valence-corrected chi connectivity index (χ0v) is 20.0. The normalized spacial score (nSPS) is 21.7. The number of carbonyl (C=O) groups is 1. The molecule has 9 heteroatoms. The molecule has 0 fully saturated rings. The Morgan fingerprint density at radius 2 is 2.09 bits per heavy atom. The second kappa shape index (κ2) is 10.7. The minimum absolute atomic E-state index is 0.0230. The lowest BCUT2D eigenvalue weighted by molar-refractivity contribution is -0.0805. The van der Waals surface area contributed by atoms with Crippen molar-refractivity contribution in [2.24, 2.45) is 5.10 Å². The number of rotatable bonds is 8. The Morgan fingerprint density at radius 1 is 1.29 bits per heavy atom. The van der Waals surface area contributed by atoms with Gasteiger partial charge in [-0.1, -0.05) is 54.2 Å². The number of thioether (sulfide) groups is 1. The predicted molar refractivity (Wildman–Crippen MR) is 130 cm³/mol. The van der Waals surface area contributed by atoms with E-state index in [1.54, 1.807) is 0 Å². The lowest BCUT2D eigenvalue weighted by Crippen LogP contribution is -2.47. The number of hydrazone groups is 1. The van der Waals surface area contributed by atoms with Crippen molar-refractivity contribution < 1.29 is 18.4 Å². The molecule has 0 spiro atoms. The van der Waals surface area contributed by atoms with Crippen LogP contribution in [0.15, 0.2) is 65.8 Å². The number of hydrogen-bond donors (Lipinski definition) is 1. The van der Waals surface area contributed by atoms with Crippen LogP contribution in [0.4, 0.5) is 13.6 Å². The molecule has 0 radical (unpaired) electrons. The van der Waals surface area contributed by atoms with Gasteiger partial charge >= 0.3 is 6.03 Å². The molecule has 2 aromatic rings. The smallest absolute Gasteiger partial charge is 0.311 e. The van der Waals surface area contributed by atoms with Gasteiger partial charge in [0.15, 0.2) is 0 Å². The zero-order chi connectivity index (χ0) is 24.1. The Balaban J connectivity index is 1.69. The first kappa shape index (κ1) is 24.4. The predicted octanol–water partition coefficient (Wildman–Crippen LogP) is 5.23. The second-order valence-electron chi connectivity index (χ2n) is 8.23. The van der Waals surface area contributed by atoms with Gasteiger partial charge in [-0.3, -0.25) is 4.84 Å². The van der Waals surface area contributed by atoms with E-state index in [9.17, 15) is 13.6 Å². The van der Waals surface area contributed by atoms with E-state index in [1.165, 1.54) is 30.9 Å². The molecule has 180 valence electrons. The van der Waals surface area contributed by atoms with E-state index >= 15 is 0 Å². The molecule has 1 aliphatic carbocycles. The van der Waals surface area contributed by atoms with Crippen LogP contribution in [-0.2, 0) is 9.71 Å². The van der Waals surface area contributed by atoms with Crippen molar-refractivity contribution in [2.75, 3.05) is 20.7 Å². The standard InChI is InChI=1S/C25H28F2N4O2S/c1-30(33-2)24(32)31-25(18-9-4-3-5-10-18,15-8-16-28-20-11-6-7-12-20)34-23(29-31)21-17-19(26)13-14-22(21)27/h3-6,9-11,13-14,17,20,28H,7-8,12,15-16H2,1-2H3.